The zero-order valence-corrected chi connectivity index (χ0v) is 17.0. The molecular formula is C22H36N2O3. The van der Waals surface area contributed by atoms with Gasteiger partial charge in [-0.05, 0) is 12.5 Å². The maximum Gasteiger partial charge on any atom is 0.309 e. The predicted molar refractivity (Wildman–Crippen MR) is 110 cm³/mol. The molecule has 5 nitrogen and oxygen atoms in total. The molecule has 2 N–H and O–H groups in total. The molecule has 1 aromatic rings. The topological polar surface area (TPSA) is 67.4 Å². The highest BCUT2D eigenvalue weighted by Crippen LogP contribution is 2.16. The fourth-order valence-corrected chi connectivity index (χ4v) is 3.00. The number of hydrogen-bond donors (Lipinski definition) is 2. The zero-order chi connectivity index (χ0) is 19.7. The van der Waals surface area contributed by atoms with Gasteiger partial charge in [-0.15, -0.1) is 0 Å². The largest absolute Gasteiger partial charge is 0.496 e. The van der Waals surface area contributed by atoms with Crippen LogP contribution in [0.4, 0.5) is 0 Å². The van der Waals surface area contributed by atoms with Crippen LogP contribution in [-0.2, 0) is 16.1 Å². The van der Waals surface area contributed by atoms with E-state index in [4.69, 9.17) is 4.74 Å². The zero-order valence-electron chi connectivity index (χ0n) is 17.0. The van der Waals surface area contributed by atoms with Gasteiger partial charge < -0.3 is 15.4 Å². The van der Waals surface area contributed by atoms with E-state index in [1.54, 1.807) is 7.11 Å². The Bertz CT molecular complexity index is 546. The maximum atomic E-state index is 11.9. The normalized spacial score (nSPS) is 10.4. The van der Waals surface area contributed by atoms with Crippen LogP contribution in [0.1, 0.15) is 76.7 Å². The van der Waals surface area contributed by atoms with E-state index >= 15 is 0 Å². The predicted octanol–water partition coefficient (Wildman–Crippen LogP) is 4.35. The van der Waals surface area contributed by atoms with Gasteiger partial charge >= 0.3 is 11.8 Å². The van der Waals surface area contributed by atoms with E-state index in [-0.39, 0.29) is 6.54 Å². The quantitative estimate of drug-likeness (QED) is 0.375. The first-order valence-corrected chi connectivity index (χ1v) is 10.4. The van der Waals surface area contributed by atoms with Crippen LogP contribution in [0, 0.1) is 0 Å². The molecule has 2 amide bonds. The molecule has 0 radical (unpaired) electrons. The third-order valence-electron chi connectivity index (χ3n) is 4.65. The average molecular weight is 377 g/mol. The molecule has 0 saturated heterocycles. The summed E-state index contributed by atoms with van der Waals surface area (Å²) in [6.07, 6.45) is 12.5. The molecule has 0 fully saturated rings. The monoisotopic (exact) mass is 376 g/mol. The van der Waals surface area contributed by atoms with Crippen LogP contribution >= 0.6 is 0 Å². The number of methoxy groups -OCH3 is 1. The maximum absolute atomic E-state index is 11.9. The number of hydrogen-bond acceptors (Lipinski definition) is 3. The Morgan fingerprint density at radius 3 is 2.00 bits per heavy atom. The Balaban J connectivity index is 2.03. The third kappa shape index (κ3) is 10.6. The van der Waals surface area contributed by atoms with Gasteiger partial charge in [0, 0.05) is 18.7 Å². The first-order chi connectivity index (χ1) is 13.2. The molecule has 27 heavy (non-hydrogen) atoms. The first kappa shape index (κ1) is 23.0. The fourth-order valence-electron chi connectivity index (χ4n) is 3.00. The van der Waals surface area contributed by atoms with Crippen LogP contribution < -0.4 is 15.4 Å². The van der Waals surface area contributed by atoms with Gasteiger partial charge in [0.1, 0.15) is 5.75 Å². The van der Waals surface area contributed by atoms with Crippen LogP contribution in [0.5, 0.6) is 5.75 Å². The van der Waals surface area contributed by atoms with Crippen molar-refractivity contribution < 1.29 is 14.3 Å². The Morgan fingerprint density at radius 1 is 0.815 bits per heavy atom. The van der Waals surface area contributed by atoms with Crippen molar-refractivity contribution in [3.05, 3.63) is 29.8 Å². The van der Waals surface area contributed by atoms with Gasteiger partial charge in [0.2, 0.25) is 0 Å². The molecule has 0 aliphatic heterocycles. The molecule has 152 valence electrons. The van der Waals surface area contributed by atoms with Crippen molar-refractivity contribution in [1.29, 1.82) is 0 Å². The van der Waals surface area contributed by atoms with Crippen LogP contribution in [0.15, 0.2) is 24.3 Å². The molecule has 1 aromatic carbocycles. The summed E-state index contributed by atoms with van der Waals surface area (Å²) in [5, 5.41) is 5.32. The summed E-state index contributed by atoms with van der Waals surface area (Å²) in [4.78, 5) is 23.7. The SMILES string of the molecule is CCCCCCCCCCCCNC(=O)C(=O)NCc1ccccc1OC. The molecule has 1 rings (SSSR count). The van der Waals surface area contributed by atoms with Gasteiger partial charge in [0.25, 0.3) is 0 Å². The lowest BCUT2D eigenvalue weighted by Crippen LogP contribution is -2.39. The van der Waals surface area contributed by atoms with Crippen molar-refractivity contribution >= 4 is 11.8 Å². The van der Waals surface area contributed by atoms with Gasteiger partial charge in [-0.3, -0.25) is 9.59 Å². The van der Waals surface area contributed by atoms with Gasteiger partial charge in [-0.2, -0.15) is 0 Å². The Labute approximate surface area is 164 Å². The number of rotatable bonds is 14. The third-order valence-corrected chi connectivity index (χ3v) is 4.65. The molecule has 0 aromatic heterocycles. The van der Waals surface area contributed by atoms with Crippen molar-refractivity contribution in [3.63, 3.8) is 0 Å². The number of unbranched alkanes of at least 4 members (excludes halogenated alkanes) is 9. The number of carbonyl (C=O) groups is 2. The Kier molecular flexibility index (Phi) is 12.8. The molecule has 0 aliphatic carbocycles. The summed E-state index contributed by atoms with van der Waals surface area (Å²) >= 11 is 0. The minimum atomic E-state index is -0.604. The standard InChI is InChI=1S/C22H36N2O3/c1-3-4-5-6-7-8-9-10-11-14-17-23-21(25)22(26)24-18-19-15-12-13-16-20(19)27-2/h12-13,15-16H,3-11,14,17-18H2,1-2H3,(H,23,25)(H,24,26). The van der Waals surface area contributed by atoms with Crippen LogP contribution in [-0.4, -0.2) is 25.5 Å². The molecule has 0 saturated carbocycles. The lowest BCUT2D eigenvalue weighted by Gasteiger charge is -2.09. The smallest absolute Gasteiger partial charge is 0.309 e. The van der Waals surface area contributed by atoms with Gasteiger partial charge in [0.15, 0.2) is 0 Å². The number of ether oxygens (including phenoxy) is 1. The number of benzene rings is 1. The molecule has 0 heterocycles. The lowest BCUT2D eigenvalue weighted by molar-refractivity contribution is -0.139. The number of nitrogens with one attached hydrogen (secondary N) is 2. The van der Waals surface area contributed by atoms with Gasteiger partial charge in [-0.25, -0.2) is 0 Å². The first-order valence-electron chi connectivity index (χ1n) is 10.4. The minimum absolute atomic E-state index is 0.272. The highest BCUT2D eigenvalue weighted by molar-refractivity contribution is 6.35. The van der Waals surface area contributed by atoms with Crippen molar-refractivity contribution in [1.82, 2.24) is 10.6 Å². The fraction of sp³-hybridized carbons (Fsp3) is 0.636. The molecule has 0 aliphatic rings. The second kappa shape index (κ2) is 15.1. The number of para-hydroxylation sites is 1. The van der Waals surface area contributed by atoms with E-state index in [1.165, 1.54) is 51.4 Å². The highest BCUT2D eigenvalue weighted by atomic mass is 16.5. The second-order valence-electron chi connectivity index (χ2n) is 6.93. The number of carbonyl (C=O) groups excluding carboxylic acids is 2. The lowest BCUT2D eigenvalue weighted by atomic mass is 10.1. The van der Waals surface area contributed by atoms with Crippen LogP contribution in [0.25, 0.3) is 0 Å². The summed E-state index contributed by atoms with van der Waals surface area (Å²) in [6.45, 7) is 3.06. The van der Waals surface area contributed by atoms with E-state index in [1.807, 2.05) is 24.3 Å². The van der Waals surface area contributed by atoms with Crippen molar-refractivity contribution in [2.75, 3.05) is 13.7 Å². The van der Waals surface area contributed by atoms with E-state index in [0.717, 1.165) is 18.4 Å². The van der Waals surface area contributed by atoms with E-state index in [9.17, 15) is 9.59 Å². The Morgan fingerprint density at radius 2 is 1.37 bits per heavy atom. The summed E-state index contributed by atoms with van der Waals surface area (Å²) in [5.41, 5.74) is 0.843. The average Bonchev–Trinajstić information content (AvgIpc) is 2.70. The molecule has 0 unspecified atom stereocenters. The van der Waals surface area contributed by atoms with Gasteiger partial charge in [0.05, 0.1) is 7.11 Å². The van der Waals surface area contributed by atoms with E-state index < -0.39 is 11.8 Å². The summed E-state index contributed by atoms with van der Waals surface area (Å²) in [5.74, 6) is -0.475. The molecule has 0 spiro atoms. The molecule has 5 heteroatoms. The second-order valence-corrected chi connectivity index (χ2v) is 6.93. The van der Waals surface area contributed by atoms with E-state index in [2.05, 4.69) is 17.6 Å². The van der Waals surface area contributed by atoms with Crippen molar-refractivity contribution in [3.8, 4) is 5.75 Å². The van der Waals surface area contributed by atoms with Gasteiger partial charge in [-0.1, -0.05) is 82.9 Å². The molecular weight excluding hydrogens is 340 g/mol. The molecule has 0 bridgehead atoms. The summed E-state index contributed by atoms with van der Waals surface area (Å²) in [7, 11) is 1.58. The molecule has 0 atom stereocenters. The van der Waals surface area contributed by atoms with E-state index in [0.29, 0.717) is 12.3 Å². The van der Waals surface area contributed by atoms with Crippen LogP contribution in [0.2, 0.25) is 0 Å². The summed E-state index contributed by atoms with van der Waals surface area (Å²) in [6, 6.07) is 7.42. The number of amides is 2. The van der Waals surface area contributed by atoms with Crippen molar-refractivity contribution in [2.45, 2.75) is 77.7 Å². The highest BCUT2D eigenvalue weighted by Gasteiger charge is 2.13. The van der Waals surface area contributed by atoms with Crippen molar-refractivity contribution in [2.24, 2.45) is 0 Å². The summed E-state index contributed by atoms with van der Waals surface area (Å²) < 4.78 is 5.23. The van der Waals surface area contributed by atoms with Crippen LogP contribution in [0.3, 0.4) is 0 Å². The Hall–Kier alpha value is -2.04. The minimum Gasteiger partial charge on any atom is -0.496 e.